The average molecular weight is 267 g/mol. The van der Waals surface area contributed by atoms with Crippen molar-refractivity contribution in [3.63, 3.8) is 0 Å². The van der Waals surface area contributed by atoms with Crippen LogP contribution in [-0.2, 0) is 4.74 Å². The van der Waals surface area contributed by atoms with Crippen LogP contribution < -0.4 is 5.73 Å². The van der Waals surface area contributed by atoms with Crippen molar-refractivity contribution >= 4 is 0 Å². The molecule has 1 aromatic carbocycles. The molecule has 2 N–H and O–H groups in total. The van der Waals surface area contributed by atoms with Crippen molar-refractivity contribution in [1.82, 2.24) is 0 Å². The second-order valence-corrected chi connectivity index (χ2v) is 5.12. The molecule has 2 unspecified atom stereocenters. The van der Waals surface area contributed by atoms with Crippen molar-refractivity contribution in [2.45, 2.75) is 58.1 Å². The Kier molecular flexibility index (Phi) is 7.68. The number of unbranched alkanes of at least 4 members (excludes halogenated alkanes) is 4. The maximum absolute atomic E-state index is 13.2. The van der Waals surface area contributed by atoms with Gasteiger partial charge in [0.05, 0.1) is 6.10 Å². The molecule has 0 aliphatic rings. The molecular weight excluding hydrogens is 241 g/mol. The fourth-order valence-corrected chi connectivity index (χ4v) is 2.15. The van der Waals surface area contributed by atoms with E-state index in [1.807, 2.05) is 13.0 Å². The summed E-state index contributed by atoms with van der Waals surface area (Å²) in [5.41, 5.74) is 6.76. The van der Waals surface area contributed by atoms with Crippen LogP contribution in [0.25, 0.3) is 0 Å². The Balaban J connectivity index is 2.41. The van der Waals surface area contributed by atoms with E-state index in [-0.39, 0.29) is 18.0 Å². The van der Waals surface area contributed by atoms with Crippen LogP contribution in [0.15, 0.2) is 24.3 Å². The summed E-state index contributed by atoms with van der Waals surface area (Å²) in [6, 6.07) is 6.37. The first-order valence-electron chi connectivity index (χ1n) is 7.27. The zero-order valence-corrected chi connectivity index (χ0v) is 12.1. The highest BCUT2D eigenvalue weighted by Crippen LogP contribution is 2.21. The third kappa shape index (κ3) is 6.17. The van der Waals surface area contributed by atoms with Crippen LogP contribution in [0.3, 0.4) is 0 Å². The number of nitrogens with two attached hydrogens (primary N) is 1. The van der Waals surface area contributed by atoms with Crippen molar-refractivity contribution in [1.29, 1.82) is 0 Å². The second kappa shape index (κ2) is 9.05. The third-order valence-corrected chi connectivity index (χ3v) is 3.20. The standard InChI is InChI=1S/C16H26FNO/c1-3-4-5-6-7-11-19-16(13(2)18)14-9-8-10-15(17)12-14/h8-10,12-13,16H,3-7,11,18H2,1-2H3. The van der Waals surface area contributed by atoms with Crippen molar-refractivity contribution in [2.24, 2.45) is 5.73 Å². The number of benzene rings is 1. The molecule has 19 heavy (non-hydrogen) atoms. The smallest absolute Gasteiger partial charge is 0.123 e. The molecule has 0 heterocycles. The molecule has 108 valence electrons. The SMILES string of the molecule is CCCCCCCOC(c1cccc(F)c1)C(C)N. The van der Waals surface area contributed by atoms with Gasteiger partial charge in [0.1, 0.15) is 5.82 Å². The molecule has 3 heteroatoms. The Morgan fingerprint density at radius 3 is 2.58 bits per heavy atom. The first-order valence-corrected chi connectivity index (χ1v) is 7.27. The molecule has 0 bridgehead atoms. The van der Waals surface area contributed by atoms with Gasteiger partial charge in [-0.1, -0.05) is 44.7 Å². The highest BCUT2D eigenvalue weighted by molar-refractivity contribution is 5.20. The summed E-state index contributed by atoms with van der Waals surface area (Å²) in [5, 5.41) is 0. The fourth-order valence-electron chi connectivity index (χ4n) is 2.15. The third-order valence-electron chi connectivity index (χ3n) is 3.20. The molecule has 0 amide bonds. The minimum atomic E-state index is -0.241. The fraction of sp³-hybridized carbons (Fsp3) is 0.625. The summed E-state index contributed by atoms with van der Waals surface area (Å²) in [5.74, 6) is -0.241. The van der Waals surface area contributed by atoms with E-state index in [9.17, 15) is 4.39 Å². The lowest BCUT2D eigenvalue weighted by Crippen LogP contribution is -2.27. The predicted molar refractivity (Wildman–Crippen MR) is 77.5 cm³/mol. The van der Waals surface area contributed by atoms with Crippen molar-refractivity contribution in [3.05, 3.63) is 35.6 Å². The van der Waals surface area contributed by atoms with E-state index in [2.05, 4.69) is 6.92 Å². The molecule has 1 rings (SSSR count). The van der Waals surface area contributed by atoms with Crippen LogP contribution in [0.4, 0.5) is 4.39 Å². The second-order valence-electron chi connectivity index (χ2n) is 5.12. The van der Waals surface area contributed by atoms with Crippen molar-refractivity contribution in [3.8, 4) is 0 Å². The van der Waals surface area contributed by atoms with Crippen LogP contribution in [0, 0.1) is 5.82 Å². The maximum Gasteiger partial charge on any atom is 0.123 e. The van der Waals surface area contributed by atoms with Gasteiger partial charge in [0.2, 0.25) is 0 Å². The summed E-state index contributed by atoms with van der Waals surface area (Å²) in [6.07, 6.45) is 5.78. The molecule has 0 saturated heterocycles. The minimum absolute atomic E-state index is 0.141. The van der Waals surface area contributed by atoms with E-state index in [0.29, 0.717) is 6.61 Å². The van der Waals surface area contributed by atoms with Gasteiger partial charge in [-0.15, -0.1) is 0 Å². The van der Waals surface area contributed by atoms with Gasteiger partial charge < -0.3 is 10.5 Å². The van der Waals surface area contributed by atoms with Gasteiger partial charge in [0, 0.05) is 12.6 Å². The first-order chi connectivity index (χ1) is 9.15. The molecule has 0 radical (unpaired) electrons. The summed E-state index contributed by atoms with van der Waals surface area (Å²) < 4.78 is 19.1. The molecule has 0 fully saturated rings. The molecule has 1 aromatic rings. The van der Waals surface area contributed by atoms with Crippen LogP contribution in [-0.4, -0.2) is 12.6 Å². The summed E-state index contributed by atoms with van der Waals surface area (Å²) in [6.45, 7) is 4.78. The number of ether oxygens (including phenoxy) is 1. The van der Waals surface area contributed by atoms with E-state index in [1.54, 1.807) is 6.07 Å². The normalized spacial score (nSPS) is 14.3. The Bertz CT molecular complexity index is 354. The lowest BCUT2D eigenvalue weighted by Gasteiger charge is -2.22. The first kappa shape index (κ1) is 16.1. The Morgan fingerprint density at radius 1 is 1.21 bits per heavy atom. The Morgan fingerprint density at radius 2 is 1.95 bits per heavy atom. The van der Waals surface area contributed by atoms with E-state index < -0.39 is 0 Å². The summed E-state index contributed by atoms with van der Waals surface area (Å²) in [7, 11) is 0. The molecule has 2 nitrogen and oxygen atoms in total. The van der Waals surface area contributed by atoms with Gasteiger partial charge in [-0.25, -0.2) is 4.39 Å². The Labute approximate surface area is 116 Å². The van der Waals surface area contributed by atoms with E-state index >= 15 is 0 Å². The van der Waals surface area contributed by atoms with E-state index in [4.69, 9.17) is 10.5 Å². The molecule has 0 spiro atoms. The molecule has 0 aromatic heterocycles. The van der Waals surface area contributed by atoms with E-state index in [1.165, 1.54) is 37.8 Å². The van der Waals surface area contributed by atoms with Crippen LogP contribution in [0.2, 0.25) is 0 Å². The Hall–Kier alpha value is -0.930. The number of rotatable bonds is 9. The van der Waals surface area contributed by atoms with E-state index in [0.717, 1.165) is 12.0 Å². The zero-order valence-electron chi connectivity index (χ0n) is 12.1. The van der Waals surface area contributed by atoms with Gasteiger partial charge >= 0.3 is 0 Å². The summed E-state index contributed by atoms with van der Waals surface area (Å²) in [4.78, 5) is 0. The minimum Gasteiger partial charge on any atom is -0.372 e. The number of halogens is 1. The molecule has 2 atom stereocenters. The molecule has 0 aliphatic heterocycles. The van der Waals surface area contributed by atoms with Crippen LogP contribution >= 0.6 is 0 Å². The number of hydrogen-bond acceptors (Lipinski definition) is 2. The average Bonchev–Trinajstić information content (AvgIpc) is 2.37. The molecule has 0 aliphatic carbocycles. The summed E-state index contributed by atoms with van der Waals surface area (Å²) >= 11 is 0. The zero-order chi connectivity index (χ0) is 14.1. The number of hydrogen-bond donors (Lipinski definition) is 1. The van der Waals surface area contributed by atoms with Crippen LogP contribution in [0.1, 0.15) is 57.6 Å². The maximum atomic E-state index is 13.2. The largest absolute Gasteiger partial charge is 0.372 e. The predicted octanol–water partition coefficient (Wildman–Crippen LogP) is 4.20. The van der Waals surface area contributed by atoms with Gasteiger partial charge in [-0.2, -0.15) is 0 Å². The highest BCUT2D eigenvalue weighted by Gasteiger charge is 2.17. The van der Waals surface area contributed by atoms with Gasteiger partial charge in [-0.05, 0) is 31.0 Å². The monoisotopic (exact) mass is 267 g/mol. The van der Waals surface area contributed by atoms with Crippen molar-refractivity contribution in [2.75, 3.05) is 6.61 Å². The van der Waals surface area contributed by atoms with Gasteiger partial charge in [0.15, 0.2) is 0 Å². The van der Waals surface area contributed by atoms with Crippen LogP contribution in [0.5, 0.6) is 0 Å². The lowest BCUT2D eigenvalue weighted by molar-refractivity contribution is 0.0356. The quantitative estimate of drug-likeness (QED) is 0.680. The molecular formula is C16H26FNO. The van der Waals surface area contributed by atoms with Crippen molar-refractivity contribution < 1.29 is 9.13 Å². The molecule has 0 saturated carbocycles. The highest BCUT2D eigenvalue weighted by atomic mass is 19.1. The topological polar surface area (TPSA) is 35.2 Å². The lowest BCUT2D eigenvalue weighted by atomic mass is 10.0. The van der Waals surface area contributed by atoms with Gasteiger partial charge in [0.25, 0.3) is 0 Å². The van der Waals surface area contributed by atoms with Gasteiger partial charge in [-0.3, -0.25) is 0 Å².